The molecular formula is C11H14F3N3S. The number of anilines is 1. The molecule has 0 bridgehead atoms. The van der Waals surface area contributed by atoms with Gasteiger partial charge < -0.3 is 5.32 Å². The van der Waals surface area contributed by atoms with E-state index < -0.39 is 11.9 Å². The molecule has 0 saturated heterocycles. The number of halogens is 3. The number of nitrogens with one attached hydrogen (secondary N) is 1. The third-order valence-corrected chi connectivity index (χ3v) is 4.63. The van der Waals surface area contributed by atoms with Crippen molar-refractivity contribution < 1.29 is 13.2 Å². The van der Waals surface area contributed by atoms with Gasteiger partial charge in [-0.3, -0.25) is 0 Å². The minimum absolute atomic E-state index is 0.0464. The molecular weight excluding hydrogens is 263 g/mol. The molecule has 1 saturated carbocycles. The summed E-state index contributed by atoms with van der Waals surface area (Å²) < 4.78 is 37.5. The molecule has 1 aromatic rings. The standard InChI is InChI=1S/C11H14F3N3S/c1-18-10(4-2-5-10)7-16-9-15-6-3-8(17-9)11(12,13)14/h3,6H,2,4-5,7H2,1H3,(H,15,16,17). The van der Waals surface area contributed by atoms with Crippen molar-refractivity contribution in [2.75, 3.05) is 18.1 Å². The Morgan fingerprint density at radius 1 is 1.44 bits per heavy atom. The molecule has 3 nitrogen and oxygen atoms in total. The normalized spacial score (nSPS) is 18.2. The van der Waals surface area contributed by atoms with E-state index in [9.17, 15) is 13.2 Å². The van der Waals surface area contributed by atoms with Gasteiger partial charge in [-0.05, 0) is 25.2 Å². The van der Waals surface area contributed by atoms with Crippen molar-refractivity contribution >= 4 is 17.7 Å². The van der Waals surface area contributed by atoms with Crippen LogP contribution in [0.15, 0.2) is 12.3 Å². The summed E-state index contributed by atoms with van der Waals surface area (Å²) in [7, 11) is 0. The number of thioether (sulfide) groups is 1. The average molecular weight is 277 g/mol. The molecule has 0 atom stereocenters. The van der Waals surface area contributed by atoms with Gasteiger partial charge in [0.05, 0.1) is 0 Å². The van der Waals surface area contributed by atoms with Gasteiger partial charge in [-0.25, -0.2) is 9.97 Å². The zero-order valence-corrected chi connectivity index (χ0v) is 10.7. The predicted octanol–water partition coefficient (Wildman–Crippen LogP) is 3.19. The van der Waals surface area contributed by atoms with E-state index in [2.05, 4.69) is 15.3 Å². The van der Waals surface area contributed by atoms with E-state index in [-0.39, 0.29) is 10.7 Å². The number of rotatable bonds is 4. The van der Waals surface area contributed by atoms with Gasteiger partial charge in [-0.15, -0.1) is 0 Å². The van der Waals surface area contributed by atoms with Gasteiger partial charge in [0, 0.05) is 17.5 Å². The van der Waals surface area contributed by atoms with Crippen molar-refractivity contribution in [2.45, 2.75) is 30.2 Å². The summed E-state index contributed by atoms with van der Waals surface area (Å²) >= 11 is 1.75. The van der Waals surface area contributed by atoms with Crippen LogP contribution in [0.1, 0.15) is 25.0 Å². The Morgan fingerprint density at radius 2 is 2.17 bits per heavy atom. The van der Waals surface area contributed by atoms with Gasteiger partial charge in [0.15, 0.2) is 0 Å². The van der Waals surface area contributed by atoms with Crippen LogP contribution in [-0.4, -0.2) is 27.5 Å². The zero-order valence-electron chi connectivity index (χ0n) is 9.92. The summed E-state index contributed by atoms with van der Waals surface area (Å²) in [5, 5.41) is 2.91. The van der Waals surface area contributed by atoms with Crippen LogP contribution in [0.25, 0.3) is 0 Å². The molecule has 0 aromatic carbocycles. The van der Waals surface area contributed by atoms with Crippen LogP contribution < -0.4 is 5.32 Å². The Labute approximate surface area is 108 Å². The smallest absolute Gasteiger partial charge is 0.353 e. The van der Waals surface area contributed by atoms with E-state index in [1.54, 1.807) is 11.8 Å². The Bertz CT molecular complexity index is 413. The number of alkyl halides is 3. The minimum atomic E-state index is -4.42. The fourth-order valence-electron chi connectivity index (χ4n) is 1.87. The van der Waals surface area contributed by atoms with Gasteiger partial charge in [-0.2, -0.15) is 24.9 Å². The van der Waals surface area contributed by atoms with Crippen molar-refractivity contribution in [3.8, 4) is 0 Å². The van der Waals surface area contributed by atoms with Gasteiger partial charge >= 0.3 is 6.18 Å². The summed E-state index contributed by atoms with van der Waals surface area (Å²) in [4.78, 5) is 7.30. The maximum Gasteiger partial charge on any atom is 0.433 e. The Hall–Kier alpha value is -0.980. The van der Waals surface area contributed by atoms with Crippen molar-refractivity contribution in [3.05, 3.63) is 18.0 Å². The largest absolute Gasteiger partial charge is 0.433 e. The van der Waals surface area contributed by atoms with Gasteiger partial charge in [-0.1, -0.05) is 6.42 Å². The molecule has 0 aliphatic heterocycles. The van der Waals surface area contributed by atoms with E-state index in [0.717, 1.165) is 25.1 Å². The highest BCUT2D eigenvalue weighted by molar-refractivity contribution is 8.00. The van der Waals surface area contributed by atoms with Crippen LogP contribution in [0.2, 0.25) is 0 Å². The Morgan fingerprint density at radius 3 is 2.67 bits per heavy atom. The topological polar surface area (TPSA) is 37.8 Å². The van der Waals surface area contributed by atoms with Crippen LogP contribution in [-0.2, 0) is 6.18 Å². The average Bonchev–Trinajstić information content (AvgIpc) is 2.27. The molecule has 1 heterocycles. The second-order valence-corrected chi connectivity index (χ2v) is 5.63. The summed E-state index contributed by atoms with van der Waals surface area (Å²) in [5.41, 5.74) is -0.910. The first-order chi connectivity index (χ1) is 8.45. The lowest BCUT2D eigenvalue weighted by molar-refractivity contribution is -0.141. The Kier molecular flexibility index (Phi) is 3.70. The molecule has 1 aliphatic carbocycles. The molecule has 18 heavy (non-hydrogen) atoms. The number of nitrogens with zero attached hydrogens (tertiary/aromatic N) is 2. The molecule has 100 valence electrons. The zero-order chi connectivity index (χ0) is 13.2. The molecule has 1 aliphatic rings. The fourth-order valence-corrected chi connectivity index (χ4v) is 2.78. The maximum absolute atomic E-state index is 12.5. The number of hydrogen-bond donors (Lipinski definition) is 1. The molecule has 0 spiro atoms. The lowest BCUT2D eigenvalue weighted by Gasteiger charge is -2.40. The van der Waals surface area contributed by atoms with Crippen LogP contribution >= 0.6 is 11.8 Å². The quantitative estimate of drug-likeness (QED) is 0.917. The second-order valence-electron chi connectivity index (χ2n) is 4.36. The first kappa shape index (κ1) is 13.5. The van der Waals surface area contributed by atoms with Crippen LogP contribution in [0, 0.1) is 0 Å². The van der Waals surface area contributed by atoms with Crippen LogP contribution in [0.4, 0.5) is 19.1 Å². The first-order valence-corrected chi connectivity index (χ1v) is 6.87. The SMILES string of the molecule is CSC1(CNc2nccc(C(F)(F)F)n2)CCC1. The summed E-state index contributed by atoms with van der Waals surface area (Å²) in [6.07, 6.45) is 2.07. The van der Waals surface area contributed by atoms with Crippen molar-refractivity contribution in [1.82, 2.24) is 9.97 Å². The lowest BCUT2D eigenvalue weighted by Crippen LogP contribution is -2.40. The summed E-state index contributed by atoms with van der Waals surface area (Å²) in [5.74, 6) is 0.0464. The maximum atomic E-state index is 12.5. The van der Waals surface area contributed by atoms with Crippen molar-refractivity contribution in [3.63, 3.8) is 0 Å². The van der Waals surface area contributed by atoms with Crippen LogP contribution in [0.5, 0.6) is 0 Å². The number of hydrogen-bond acceptors (Lipinski definition) is 4. The van der Waals surface area contributed by atoms with Crippen molar-refractivity contribution in [2.24, 2.45) is 0 Å². The third kappa shape index (κ3) is 2.88. The van der Waals surface area contributed by atoms with Gasteiger partial charge in [0.25, 0.3) is 0 Å². The molecule has 0 amide bonds. The molecule has 1 aromatic heterocycles. The monoisotopic (exact) mass is 277 g/mol. The highest BCUT2D eigenvalue weighted by Gasteiger charge is 2.36. The van der Waals surface area contributed by atoms with Gasteiger partial charge in [0.2, 0.25) is 5.95 Å². The lowest BCUT2D eigenvalue weighted by atomic mass is 9.84. The molecule has 1 N–H and O–H groups in total. The summed E-state index contributed by atoms with van der Waals surface area (Å²) in [6, 6.07) is 0.874. The van der Waals surface area contributed by atoms with E-state index in [1.165, 1.54) is 6.42 Å². The van der Waals surface area contributed by atoms with E-state index in [0.29, 0.717) is 6.54 Å². The highest BCUT2D eigenvalue weighted by atomic mass is 32.2. The predicted molar refractivity (Wildman–Crippen MR) is 65.6 cm³/mol. The Balaban J connectivity index is 2.01. The molecule has 0 radical (unpaired) electrons. The van der Waals surface area contributed by atoms with Gasteiger partial charge in [0.1, 0.15) is 5.69 Å². The van der Waals surface area contributed by atoms with E-state index in [1.807, 2.05) is 6.26 Å². The van der Waals surface area contributed by atoms with E-state index >= 15 is 0 Å². The van der Waals surface area contributed by atoms with Crippen molar-refractivity contribution in [1.29, 1.82) is 0 Å². The van der Waals surface area contributed by atoms with E-state index in [4.69, 9.17) is 0 Å². The fraction of sp³-hybridized carbons (Fsp3) is 0.636. The first-order valence-electron chi connectivity index (χ1n) is 5.64. The van der Waals surface area contributed by atoms with Crippen LogP contribution in [0.3, 0.4) is 0 Å². The molecule has 7 heteroatoms. The second kappa shape index (κ2) is 4.95. The molecule has 1 fully saturated rings. The highest BCUT2D eigenvalue weighted by Crippen LogP contribution is 2.42. The molecule has 0 unspecified atom stereocenters. The third-order valence-electron chi connectivity index (χ3n) is 3.21. The summed E-state index contributed by atoms with van der Waals surface area (Å²) in [6.45, 7) is 0.607. The molecule has 2 rings (SSSR count). The number of aromatic nitrogens is 2. The minimum Gasteiger partial charge on any atom is -0.353 e.